The van der Waals surface area contributed by atoms with Crippen molar-refractivity contribution in [2.24, 2.45) is 4.99 Å². The molecule has 0 bridgehead atoms. The second-order valence-corrected chi connectivity index (χ2v) is 8.31. The van der Waals surface area contributed by atoms with Crippen LogP contribution in [0.4, 0.5) is 0 Å². The molecule has 168 valence electrons. The number of hydrazine groups is 2. The van der Waals surface area contributed by atoms with Crippen molar-refractivity contribution in [1.29, 1.82) is 0 Å². The smallest absolute Gasteiger partial charge is 0.140 e. The summed E-state index contributed by atoms with van der Waals surface area (Å²) in [5.41, 5.74) is 12.6. The minimum Gasteiger partial charge on any atom is -0.489 e. The number of nitrogens with one attached hydrogen (secondary N) is 2. The molecule has 1 aliphatic heterocycles. The Kier molecular flexibility index (Phi) is 8.29. The average molecular weight is 424 g/mol. The van der Waals surface area contributed by atoms with Gasteiger partial charge >= 0.3 is 0 Å². The van der Waals surface area contributed by atoms with Crippen LogP contribution in [-0.4, -0.2) is 29.4 Å². The van der Waals surface area contributed by atoms with Gasteiger partial charge in [0.05, 0.1) is 28.9 Å². The van der Waals surface area contributed by atoms with Gasteiger partial charge in [0.2, 0.25) is 0 Å². The van der Waals surface area contributed by atoms with Gasteiger partial charge in [-0.3, -0.25) is 15.4 Å². The largest absolute Gasteiger partial charge is 0.489 e. The Morgan fingerprint density at radius 2 is 2.10 bits per heavy atom. The van der Waals surface area contributed by atoms with E-state index in [0.29, 0.717) is 6.10 Å². The van der Waals surface area contributed by atoms with Gasteiger partial charge in [-0.1, -0.05) is 25.5 Å². The summed E-state index contributed by atoms with van der Waals surface area (Å²) in [5, 5.41) is 2.01. The Morgan fingerprint density at radius 3 is 2.77 bits per heavy atom. The predicted molar refractivity (Wildman–Crippen MR) is 128 cm³/mol. The third kappa shape index (κ3) is 6.20. The fourth-order valence-corrected chi connectivity index (χ4v) is 4.05. The second kappa shape index (κ2) is 11.1. The molecule has 0 atom stereocenters. The lowest BCUT2D eigenvalue weighted by molar-refractivity contribution is 0.153. The Morgan fingerprint density at radius 1 is 1.32 bits per heavy atom. The van der Waals surface area contributed by atoms with E-state index < -0.39 is 0 Å². The van der Waals surface area contributed by atoms with Crippen molar-refractivity contribution in [3.8, 4) is 5.75 Å². The first kappa shape index (κ1) is 23.1. The van der Waals surface area contributed by atoms with E-state index in [1.54, 1.807) is 0 Å². The minimum atomic E-state index is 0.328. The maximum absolute atomic E-state index is 6.25. The van der Waals surface area contributed by atoms with Crippen LogP contribution in [0.25, 0.3) is 5.70 Å². The van der Waals surface area contributed by atoms with Crippen LogP contribution >= 0.6 is 0 Å². The summed E-state index contributed by atoms with van der Waals surface area (Å²) in [4.78, 5) is 9.40. The molecule has 1 saturated carbocycles. The fourth-order valence-electron chi connectivity index (χ4n) is 4.05. The molecule has 2 heterocycles. The zero-order valence-electron chi connectivity index (χ0n) is 19.5. The van der Waals surface area contributed by atoms with Crippen LogP contribution in [0.1, 0.15) is 76.6 Å². The van der Waals surface area contributed by atoms with Gasteiger partial charge in [-0.25, -0.2) is 4.98 Å². The van der Waals surface area contributed by atoms with Gasteiger partial charge < -0.3 is 4.74 Å². The molecule has 0 amide bonds. The SMILES string of the molecule is C=C(/C=C(/CCC1=C(c2ccc(OC3CCCCC3)c(C)n2)NNN1C)N=CC)CC. The van der Waals surface area contributed by atoms with Crippen molar-refractivity contribution in [3.05, 3.63) is 53.1 Å². The van der Waals surface area contributed by atoms with E-state index >= 15 is 0 Å². The molecule has 31 heavy (non-hydrogen) atoms. The van der Waals surface area contributed by atoms with Gasteiger partial charge in [-0.15, -0.1) is 5.53 Å². The Labute approximate surface area is 187 Å². The first-order valence-corrected chi connectivity index (χ1v) is 11.5. The molecule has 1 fully saturated rings. The highest BCUT2D eigenvalue weighted by Gasteiger charge is 2.22. The number of rotatable bonds is 9. The molecule has 0 saturated heterocycles. The molecule has 2 N–H and O–H groups in total. The summed E-state index contributed by atoms with van der Waals surface area (Å²) in [6.07, 6.45) is 13.0. The summed E-state index contributed by atoms with van der Waals surface area (Å²) < 4.78 is 6.25. The van der Waals surface area contributed by atoms with Crippen LogP contribution in [0.5, 0.6) is 5.75 Å². The zero-order valence-corrected chi connectivity index (χ0v) is 19.5. The van der Waals surface area contributed by atoms with E-state index in [4.69, 9.17) is 9.72 Å². The van der Waals surface area contributed by atoms with Gasteiger partial charge in [-0.2, -0.15) is 0 Å². The van der Waals surface area contributed by atoms with Crippen molar-refractivity contribution in [1.82, 2.24) is 21.0 Å². The highest BCUT2D eigenvalue weighted by atomic mass is 16.5. The summed E-state index contributed by atoms with van der Waals surface area (Å²) >= 11 is 0. The summed E-state index contributed by atoms with van der Waals surface area (Å²) in [6.45, 7) is 10.2. The van der Waals surface area contributed by atoms with Crippen molar-refractivity contribution in [2.45, 2.75) is 78.2 Å². The molecule has 0 unspecified atom stereocenters. The Hall–Kier alpha value is -2.60. The number of aromatic nitrogens is 1. The maximum Gasteiger partial charge on any atom is 0.140 e. The van der Waals surface area contributed by atoms with Crippen molar-refractivity contribution >= 4 is 11.9 Å². The molecular formula is C25H37N5O. The molecule has 0 aromatic carbocycles. The molecule has 1 aromatic heterocycles. The predicted octanol–water partition coefficient (Wildman–Crippen LogP) is 5.45. The van der Waals surface area contributed by atoms with Crippen LogP contribution in [0.3, 0.4) is 0 Å². The molecule has 2 aliphatic rings. The third-order valence-electron chi connectivity index (χ3n) is 5.92. The molecular weight excluding hydrogens is 386 g/mol. The number of nitrogens with zero attached hydrogens (tertiary/aromatic N) is 3. The van der Waals surface area contributed by atoms with Crippen LogP contribution in [-0.2, 0) is 0 Å². The summed E-state index contributed by atoms with van der Waals surface area (Å²) in [6, 6.07) is 4.11. The molecule has 1 aromatic rings. The van der Waals surface area contributed by atoms with E-state index in [9.17, 15) is 0 Å². The van der Waals surface area contributed by atoms with E-state index in [1.165, 1.54) is 19.3 Å². The molecule has 1 aliphatic carbocycles. The lowest BCUT2D eigenvalue weighted by Gasteiger charge is -2.23. The van der Waals surface area contributed by atoms with Crippen LogP contribution in [0.2, 0.25) is 0 Å². The average Bonchev–Trinajstić information content (AvgIpc) is 3.14. The van der Waals surface area contributed by atoms with Gasteiger partial charge in [-0.05, 0) is 77.0 Å². The van der Waals surface area contributed by atoms with Crippen LogP contribution in [0, 0.1) is 6.92 Å². The quantitative estimate of drug-likeness (QED) is 0.409. The van der Waals surface area contributed by atoms with Gasteiger partial charge in [0.1, 0.15) is 5.75 Å². The van der Waals surface area contributed by atoms with Gasteiger partial charge in [0.15, 0.2) is 0 Å². The normalized spacial score (nSPS) is 18.1. The molecule has 0 radical (unpaired) electrons. The van der Waals surface area contributed by atoms with Gasteiger partial charge in [0, 0.05) is 19.0 Å². The number of allylic oxidation sites excluding steroid dienone is 4. The second-order valence-electron chi connectivity index (χ2n) is 8.31. The lowest BCUT2D eigenvalue weighted by Crippen LogP contribution is -2.34. The fraction of sp³-hybridized carbons (Fsp3) is 0.520. The number of aryl methyl sites for hydroxylation is 1. The number of hydrogen-bond donors (Lipinski definition) is 2. The Balaban J connectivity index is 1.76. The molecule has 0 spiro atoms. The molecule has 3 rings (SSSR count). The minimum absolute atomic E-state index is 0.328. The van der Waals surface area contributed by atoms with Crippen molar-refractivity contribution in [3.63, 3.8) is 0 Å². The highest BCUT2D eigenvalue weighted by Crippen LogP contribution is 2.29. The zero-order chi connectivity index (χ0) is 22.2. The first-order valence-electron chi connectivity index (χ1n) is 11.5. The number of pyridine rings is 1. The standard InChI is InChI=1S/C25H37N5O/c1-6-18(3)17-20(26-7-2)13-15-23-25(28-29-30(23)5)22-14-16-24(19(4)27-22)31-21-11-9-8-10-12-21/h7,14,16-17,21,28-29H,3,6,8-13,15H2,1-2,4-5H3/b20-17-,26-7?. The molecule has 6 heteroatoms. The van der Waals surface area contributed by atoms with Gasteiger partial charge in [0.25, 0.3) is 0 Å². The Bertz CT molecular complexity index is 865. The first-order chi connectivity index (χ1) is 15.0. The summed E-state index contributed by atoms with van der Waals surface area (Å²) in [5.74, 6) is 0.901. The maximum atomic E-state index is 6.25. The number of aliphatic imine (C=N–C) groups is 1. The van der Waals surface area contributed by atoms with Crippen molar-refractivity contribution < 1.29 is 4.74 Å². The lowest BCUT2D eigenvalue weighted by atomic mass is 9.98. The van der Waals surface area contributed by atoms with Crippen LogP contribution in [0.15, 0.2) is 46.7 Å². The van der Waals surface area contributed by atoms with E-state index in [-0.39, 0.29) is 0 Å². The monoisotopic (exact) mass is 423 g/mol. The summed E-state index contributed by atoms with van der Waals surface area (Å²) in [7, 11) is 2.01. The van der Waals surface area contributed by atoms with E-state index in [2.05, 4.69) is 41.6 Å². The van der Waals surface area contributed by atoms with Crippen molar-refractivity contribution in [2.75, 3.05) is 7.05 Å². The molecule has 6 nitrogen and oxygen atoms in total. The third-order valence-corrected chi connectivity index (χ3v) is 5.92. The topological polar surface area (TPSA) is 61.8 Å². The highest BCUT2D eigenvalue weighted by molar-refractivity contribution is 5.65. The van der Waals surface area contributed by atoms with Crippen LogP contribution < -0.4 is 15.7 Å². The van der Waals surface area contributed by atoms with E-state index in [0.717, 1.165) is 71.9 Å². The number of ether oxygens (including phenoxy) is 1. The van der Waals surface area contributed by atoms with E-state index in [1.807, 2.05) is 38.2 Å². The number of hydrogen-bond acceptors (Lipinski definition) is 6.